The topological polar surface area (TPSA) is 135 Å². The molecule has 0 fully saturated rings. The van der Waals surface area contributed by atoms with Gasteiger partial charge in [0.15, 0.2) is 0 Å². The molecular weight excluding hydrogens is 386 g/mol. The number of rotatable bonds is 5. The quantitative estimate of drug-likeness (QED) is 0.458. The van der Waals surface area contributed by atoms with Crippen LogP contribution in [-0.2, 0) is 4.79 Å². The Kier molecular flexibility index (Phi) is 5.04. The van der Waals surface area contributed by atoms with Gasteiger partial charge in [-0.15, -0.1) is 5.10 Å². The predicted molar refractivity (Wildman–Crippen MR) is 109 cm³/mol. The molecule has 0 spiro atoms. The summed E-state index contributed by atoms with van der Waals surface area (Å²) in [4.78, 5) is 40.0. The molecule has 0 aliphatic carbocycles. The van der Waals surface area contributed by atoms with Crippen LogP contribution in [0.15, 0.2) is 59.8 Å². The van der Waals surface area contributed by atoms with Gasteiger partial charge in [-0.1, -0.05) is 12.1 Å². The number of anilines is 1. The van der Waals surface area contributed by atoms with E-state index in [9.17, 15) is 14.4 Å². The minimum atomic E-state index is -0.623. The molecule has 0 aliphatic heterocycles. The number of fused-ring (bicyclic) bond motifs is 1. The van der Waals surface area contributed by atoms with Crippen molar-refractivity contribution in [3.05, 3.63) is 76.3 Å². The Morgan fingerprint density at radius 3 is 2.77 bits per heavy atom. The first-order chi connectivity index (χ1) is 14.5. The largest absolute Gasteiger partial charge is 0.360 e. The van der Waals surface area contributed by atoms with Crippen LogP contribution in [0.5, 0.6) is 0 Å². The number of tetrazole rings is 1. The molecule has 0 saturated carbocycles. The molecular formula is C20H17N7O3. The van der Waals surface area contributed by atoms with E-state index in [0.717, 1.165) is 11.3 Å². The van der Waals surface area contributed by atoms with Crippen LogP contribution in [0, 0.1) is 6.92 Å². The number of aromatic amines is 1. The summed E-state index contributed by atoms with van der Waals surface area (Å²) in [5.41, 5.74) is 2.39. The maximum Gasteiger partial charge on any atom is 0.257 e. The van der Waals surface area contributed by atoms with Gasteiger partial charge in [0.25, 0.3) is 5.91 Å². The second kappa shape index (κ2) is 7.95. The maximum absolute atomic E-state index is 12.5. The number of aromatic nitrogens is 5. The number of hydrogen-bond acceptors (Lipinski definition) is 6. The molecule has 0 saturated heterocycles. The summed E-state index contributed by atoms with van der Waals surface area (Å²) in [5, 5.41) is 16.6. The lowest BCUT2D eigenvalue weighted by Gasteiger charge is -2.10. The van der Waals surface area contributed by atoms with Gasteiger partial charge in [0.05, 0.1) is 12.2 Å². The minimum Gasteiger partial charge on any atom is -0.360 e. The second-order valence-electron chi connectivity index (χ2n) is 6.56. The van der Waals surface area contributed by atoms with E-state index in [4.69, 9.17) is 0 Å². The normalized spacial score (nSPS) is 10.7. The van der Waals surface area contributed by atoms with Crippen LogP contribution in [-0.4, -0.2) is 43.6 Å². The lowest BCUT2D eigenvalue weighted by atomic mass is 10.1. The number of H-pyrrole nitrogens is 1. The molecule has 150 valence electrons. The van der Waals surface area contributed by atoms with Crippen molar-refractivity contribution >= 4 is 28.4 Å². The molecule has 30 heavy (non-hydrogen) atoms. The van der Waals surface area contributed by atoms with Crippen LogP contribution < -0.4 is 16.1 Å². The number of carbonyl (C=O) groups is 2. The van der Waals surface area contributed by atoms with Crippen molar-refractivity contribution in [2.75, 3.05) is 11.9 Å². The summed E-state index contributed by atoms with van der Waals surface area (Å²) >= 11 is 0. The van der Waals surface area contributed by atoms with Crippen molar-refractivity contribution in [2.45, 2.75) is 6.92 Å². The highest BCUT2D eigenvalue weighted by Gasteiger charge is 2.14. The fourth-order valence-corrected chi connectivity index (χ4v) is 3.06. The molecule has 4 rings (SSSR count). The van der Waals surface area contributed by atoms with Crippen molar-refractivity contribution in [3.8, 4) is 5.69 Å². The number of aryl methyl sites for hydroxylation is 1. The van der Waals surface area contributed by atoms with Crippen LogP contribution in [0.25, 0.3) is 16.6 Å². The molecule has 0 radical (unpaired) electrons. The van der Waals surface area contributed by atoms with Gasteiger partial charge < -0.3 is 15.6 Å². The van der Waals surface area contributed by atoms with Crippen molar-refractivity contribution in [3.63, 3.8) is 0 Å². The number of hydrogen-bond donors (Lipinski definition) is 3. The van der Waals surface area contributed by atoms with Crippen LogP contribution in [0.4, 0.5) is 5.69 Å². The average Bonchev–Trinajstić information content (AvgIpc) is 3.27. The van der Waals surface area contributed by atoms with Crippen LogP contribution in [0.3, 0.4) is 0 Å². The monoisotopic (exact) mass is 403 g/mol. The first kappa shape index (κ1) is 19.0. The molecule has 3 N–H and O–H groups in total. The summed E-state index contributed by atoms with van der Waals surface area (Å²) in [5.74, 6) is -1.04. The third-order valence-corrected chi connectivity index (χ3v) is 4.52. The van der Waals surface area contributed by atoms with Crippen molar-refractivity contribution in [2.24, 2.45) is 0 Å². The van der Waals surface area contributed by atoms with Crippen LogP contribution in [0.1, 0.15) is 15.9 Å². The highest BCUT2D eigenvalue weighted by molar-refractivity contribution is 6.00. The molecule has 0 atom stereocenters. The lowest BCUT2D eigenvalue weighted by Crippen LogP contribution is -2.35. The first-order valence-corrected chi connectivity index (χ1v) is 9.05. The number of para-hydroxylation sites is 1. The summed E-state index contributed by atoms with van der Waals surface area (Å²) in [6.07, 6.45) is 2.82. The van der Waals surface area contributed by atoms with E-state index in [-0.39, 0.29) is 12.1 Å². The molecule has 4 aromatic rings. The maximum atomic E-state index is 12.5. The Bertz CT molecular complexity index is 1300. The summed E-state index contributed by atoms with van der Waals surface area (Å²) < 4.78 is 1.52. The molecule has 2 amide bonds. The van der Waals surface area contributed by atoms with E-state index < -0.39 is 17.2 Å². The van der Waals surface area contributed by atoms with E-state index in [1.54, 1.807) is 42.5 Å². The highest BCUT2D eigenvalue weighted by atomic mass is 16.2. The van der Waals surface area contributed by atoms with Gasteiger partial charge in [-0.3, -0.25) is 14.4 Å². The van der Waals surface area contributed by atoms with Gasteiger partial charge in [0, 0.05) is 22.8 Å². The fraction of sp³-hybridized carbons (Fsp3) is 0.100. The third-order valence-electron chi connectivity index (χ3n) is 4.52. The standard InChI is InChI=1S/C20H17N7O3/c1-12-8-13(6-7-17(12)27-11-23-25-26-27)24-18(28)10-22-20(30)15-9-21-16-5-3-2-4-14(16)19(15)29/h2-9,11H,10H2,1H3,(H,21,29)(H,22,30)(H,24,28). The van der Waals surface area contributed by atoms with Gasteiger partial charge >= 0.3 is 0 Å². The second-order valence-corrected chi connectivity index (χ2v) is 6.56. The van der Waals surface area contributed by atoms with E-state index in [1.807, 2.05) is 6.92 Å². The summed E-state index contributed by atoms with van der Waals surface area (Å²) in [6.45, 7) is 1.58. The molecule has 0 bridgehead atoms. The van der Waals surface area contributed by atoms with Crippen molar-refractivity contribution in [1.82, 2.24) is 30.5 Å². The zero-order chi connectivity index (χ0) is 21.1. The SMILES string of the molecule is Cc1cc(NC(=O)CNC(=O)c2c[nH]c3ccccc3c2=O)ccc1-n1cnnn1. The van der Waals surface area contributed by atoms with Crippen molar-refractivity contribution < 1.29 is 9.59 Å². The third kappa shape index (κ3) is 3.78. The van der Waals surface area contributed by atoms with Crippen LogP contribution in [0.2, 0.25) is 0 Å². The molecule has 2 aromatic carbocycles. The average molecular weight is 403 g/mol. The first-order valence-electron chi connectivity index (χ1n) is 9.05. The van der Waals surface area contributed by atoms with Gasteiger partial charge in [-0.05, 0) is 53.2 Å². The highest BCUT2D eigenvalue weighted by Crippen LogP contribution is 2.17. The number of carbonyl (C=O) groups excluding carboxylic acids is 2. The minimum absolute atomic E-state index is 0.0526. The molecule has 0 aliphatic rings. The van der Waals surface area contributed by atoms with Crippen molar-refractivity contribution in [1.29, 1.82) is 0 Å². The zero-order valence-corrected chi connectivity index (χ0v) is 15.9. The van der Waals surface area contributed by atoms with E-state index in [0.29, 0.717) is 16.6 Å². The Morgan fingerprint density at radius 1 is 1.17 bits per heavy atom. The number of nitrogens with zero attached hydrogens (tertiary/aromatic N) is 4. The molecule has 2 heterocycles. The molecule has 2 aromatic heterocycles. The lowest BCUT2D eigenvalue weighted by molar-refractivity contribution is -0.115. The van der Waals surface area contributed by atoms with Gasteiger partial charge in [0.2, 0.25) is 11.3 Å². The molecule has 10 nitrogen and oxygen atoms in total. The summed E-state index contributed by atoms with van der Waals surface area (Å²) in [6, 6.07) is 12.1. The Morgan fingerprint density at radius 2 is 2.00 bits per heavy atom. The Hall–Kier alpha value is -4.34. The van der Waals surface area contributed by atoms with E-state index >= 15 is 0 Å². The van der Waals surface area contributed by atoms with Gasteiger partial charge in [-0.25, -0.2) is 4.68 Å². The summed E-state index contributed by atoms with van der Waals surface area (Å²) in [7, 11) is 0. The Labute approximate surface area is 169 Å². The molecule has 0 unspecified atom stereocenters. The smallest absolute Gasteiger partial charge is 0.257 e. The fourth-order valence-electron chi connectivity index (χ4n) is 3.06. The number of nitrogens with one attached hydrogen (secondary N) is 3. The van der Waals surface area contributed by atoms with Gasteiger partial charge in [-0.2, -0.15) is 0 Å². The van der Waals surface area contributed by atoms with E-state index in [1.165, 1.54) is 17.2 Å². The van der Waals surface area contributed by atoms with Gasteiger partial charge in [0.1, 0.15) is 11.9 Å². The Balaban J connectivity index is 1.40. The molecule has 10 heteroatoms. The number of amides is 2. The van der Waals surface area contributed by atoms with Crippen LogP contribution >= 0.6 is 0 Å². The number of pyridine rings is 1. The number of benzene rings is 2. The van der Waals surface area contributed by atoms with E-state index in [2.05, 4.69) is 31.1 Å². The zero-order valence-electron chi connectivity index (χ0n) is 15.9. The predicted octanol–water partition coefficient (Wildman–Crippen LogP) is 1.18.